The second-order valence-electron chi connectivity index (χ2n) is 4.45. The fourth-order valence-corrected chi connectivity index (χ4v) is 2.55. The third kappa shape index (κ3) is 1.57. The van der Waals surface area contributed by atoms with E-state index in [1.165, 1.54) is 18.4 Å². The van der Waals surface area contributed by atoms with Gasteiger partial charge < -0.3 is 15.0 Å². The summed E-state index contributed by atoms with van der Waals surface area (Å²) in [5.74, 6) is 0.343. The largest absolute Gasteiger partial charge is 0.508 e. The van der Waals surface area contributed by atoms with Gasteiger partial charge in [-0.3, -0.25) is 0 Å². The first-order valence-electron chi connectivity index (χ1n) is 5.85. The number of hydrogen-bond acceptors (Lipinski definition) is 2. The maximum Gasteiger partial charge on any atom is 0.116 e. The number of aromatic nitrogens is 1. The molecule has 3 rings (SSSR count). The van der Waals surface area contributed by atoms with E-state index < -0.39 is 0 Å². The maximum absolute atomic E-state index is 9.43. The van der Waals surface area contributed by atoms with Crippen LogP contribution in [-0.2, 0) is 0 Å². The number of phenols is 1. The van der Waals surface area contributed by atoms with Crippen LogP contribution in [0.4, 0.5) is 0 Å². The Balaban J connectivity index is 2.03. The van der Waals surface area contributed by atoms with Crippen molar-refractivity contribution in [2.75, 3.05) is 13.1 Å². The Morgan fingerprint density at radius 1 is 1.19 bits per heavy atom. The van der Waals surface area contributed by atoms with Crippen LogP contribution in [0.25, 0.3) is 10.9 Å². The van der Waals surface area contributed by atoms with E-state index in [-0.39, 0.29) is 0 Å². The molecule has 1 aliphatic rings. The van der Waals surface area contributed by atoms with Crippen LogP contribution in [0.15, 0.2) is 30.5 Å². The molecule has 0 spiro atoms. The summed E-state index contributed by atoms with van der Waals surface area (Å²) in [6.07, 6.45) is 4.51. The number of nitrogens with one attached hydrogen (secondary N) is 1. The van der Waals surface area contributed by atoms with Crippen molar-refractivity contribution in [3.63, 3.8) is 0 Å². The van der Waals surface area contributed by atoms with Gasteiger partial charge in [0.2, 0.25) is 0 Å². The Bertz CT molecular complexity index is 498. The molecule has 1 fully saturated rings. The average Bonchev–Trinajstić information content (AvgIpc) is 2.73. The van der Waals surface area contributed by atoms with E-state index >= 15 is 0 Å². The molecule has 3 heteroatoms. The van der Waals surface area contributed by atoms with Crippen LogP contribution < -0.4 is 5.32 Å². The van der Waals surface area contributed by atoms with Crippen molar-refractivity contribution in [3.8, 4) is 5.75 Å². The van der Waals surface area contributed by atoms with Gasteiger partial charge in [-0.2, -0.15) is 0 Å². The molecule has 2 aromatic rings. The number of fused-ring (bicyclic) bond motifs is 1. The predicted octanol–water partition coefficient (Wildman–Crippen LogP) is 2.27. The van der Waals surface area contributed by atoms with Crippen LogP contribution in [0.2, 0.25) is 0 Å². The van der Waals surface area contributed by atoms with E-state index in [2.05, 4.69) is 22.1 Å². The lowest BCUT2D eigenvalue weighted by Gasteiger charge is -2.25. The Hall–Kier alpha value is -1.48. The average molecular weight is 216 g/mol. The molecule has 1 aliphatic heterocycles. The van der Waals surface area contributed by atoms with Gasteiger partial charge in [0.15, 0.2) is 0 Å². The highest BCUT2D eigenvalue weighted by molar-refractivity contribution is 5.81. The van der Waals surface area contributed by atoms with Gasteiger partial charge in [0.05, 0.1) is 0 Å². The number of benzene rings is 1. The molecule has 3 nitrogen and oxygen atoms in total. The zero-order valence-corrected chi connectivity index (χ0v) is 9.19. The van der Waals surface area contributed by atoms with Crippen LogP contribution in [0.3, 0.4) is 0 Å². The summed E-state index contributed by atoms with van der Waals surface area (Å²) in [5, 5.41) is 13.9. The molecule has 0 saturated carbocycles. The second kappa shape index (κ2) is 3.83. The van der Waals surface area contributed by atoms with Crippen molar-refractivity contribution in [1.29, 1.82) is 0 Å². The minimum Gasteiger partial charge on any atom is -0.508 e. The van der Waals surface area contributed by atoms with Gasteiger partial charge in [-0.1, -0.05) is 0 Å². The van der Waals surface area contributed by atoms with Crippen molar-refractivity contribution in [2.24, 2.45) is 0 Å². The summed E-state index contributed by atoms with van der Waals surface area (Å²) in [4.78, 5) is 0. The molecule has 2 heterocycles. The molecule has 0 bridgehead atoms. The normalized spacial score (nSPS) is 18.0. The molecule has 0 radical (unpaired) electrons. The number of rotatable bonds is 1. The van der Waals surface area contributed by atoms with Crippen LogP contribution >= 0.6 is 0 Å². The molecule has 0 unspecified atom stereocenters. The lowest BCUT2D eigenvalue weighted by Crippen LogP contribution is -2.29. The highest BCUT2D eigenvalue weighted by Gasteiger charge is 2.16. The molecule has 84 valence electrons. The molecule has 1 saturated heterocycles. The van der Waals surface area contributed by atoms with Gasteiger partial charge in [0.1, 0.15) is 5.75 Å². The number of phenolic OH excluding ortho intramolecular Hbond substituents is 1. The molecule has 1 aromatic heterocycles. The fourth-order valence-electron chi connectivity index (χ4n) is 2.55. The van der Waals surface area contributed by atoms with E-state index in [4.69, 9.17) is 0 Å². The summed E-state index contributed by atoms with van der Waals surface area (Å²) < 4.78 is 2.34. The summed E-state index contributed by atoms with van der Waals surface area (Å²) in [7, 11) is 0. The highest BCUT2D eigenvalue weighted by Crippen LogP contribution is 2.27. The van der Waals surface area contributed by atoms with Gasteiger partial charge in [0, 0.05) is 23.1 Å². The van der Waals surface area contributed by atoms with Crippen LogP contribution in [-0.4, -0.2) is 22.8 Å². The number of hydrogen-bond donors (Lipinski definition) is 2. The standard InChI is InChI=1S/C13H16N2O/c16-12-1-2-13-10(9-12)5-8-15(13)11-3-6-14-7-4-11/h1-2,5,8-9,11,14,16H,3-4,6-7H2. The van der Waals surface area contributed by atoms with Gasteiger partial charge >= 0.3 is 0 Å². The van der Waals surface area contributed by atoms with E-state index in [0.29, 0.717) is 11.8 Å². The van der Waals surface area contributed by atoms with E-state index in [9.17, 15) is 5.11 Å². The summed E-state index contributed by atoms with van der Waals surface area (Å²) in [5.41, 5.74) is 1.23. The quantitative estimate of drug-likeness (QED) is 0.767. The van der Waals surface area contributed by atoms with Crippen molar-refractivity contribution < 1.29 is 5.11 Å². The van der Waals surface area contributed by atoms with Gasteiger partial charge in [0.25, 0.3) is 0 Å². The monoisotopic (exact) mass is 216 g/mol. The smallest absolute Gasteiger partial charge is 0.116 e. The number of nitrogens with zero attached hydrogens (tertiary/aromatic N) is 1. The highest BCUT2D eigenvalue weighted by atomic mass is 16.3. The zero-order chi connectivity index (χ0) is 11.0. The lowest BCUT2D eigenvalue weighted by molar-refractivity contribution is 0.376. The van der Waals surface area contributed by atoms with Crippen LogP contribution in [0.1, 0.15) is 18.9 Å². The van der Waals surface area contributed by atoms with E-state index in [0.717, 1.165) is 18.5 Å². The first-order chi connectivity index (χ1) is 7.84. The lowest BCUT2D eigenvalue weighted by atomic mass is 10.1. The zero-order valence-electron chi connectivity index (χ0n) is 9.19. The van der Waals surface area contributed by atoms with E-state index in [1.54, 1.807) is 6.07 Å². The van der Waals surface area contributed by atoms with Crippen molar-refractivity contribution in [1.82, 2.24) is 9.88 Å². The first-order valence-corrected chi connectivity index (χ1v) is 5.85. The molecular formula is C13H16N2O. The molecule has 0 aliphatic carbocycles. The third-order valence-electron chi connectivity index (χ3n) is 3.41. The summed E-state index contributed by atoms with van der Waals surface area (Å²) >= 11 is 0. The van der Waals surface area contributed by atoms with Gasteiger partial charge in [-0.15, -0.1) is 0 Å². The minimum absolute atomic E-state index is 0.343. The van der Waals surface area contributed by atoms with Crippen molar-refractivity contribution >= 4 is 10.9 Å². The number of aromatic hydroxyl groups is 1. The predicted molar refractivity (Wildman–Crippen MR) is 64.7 cm³/mol. The number of piperidine rings is 1. The SMILES string of the molecule is Oc1ccc2c(ccn2C2CCNCC2)c1. The molecule has 1 aromatic carbocycles. The molecule has 0 amide bonds. The molecule has 2 N–H and O–H groups in total. The molecular weight excluding hydrogens is 200 g/mol. The van der Waals surface area contributed by atoms with Crippen LogP contribution in [0.5, 0.6) is 5.75 Å². The second-order valence-corrected chi connectivity index (χ2v) is 4.45. The Morgan fingerprint density at radius 2 is 2.00 bits per heavy atom. The summed E-state index contributed by atoms with van der Waals surface area (Å²) in [6, 6.07) is 8.28. The minimum atomic E-state index is 0.343. The Kier molecular flexibility index (Phi) is 2.33. The van der Waals surface area contributed by atoms with Crippen molar-refractivity contribution in [3.05, 3.63) is 30.5 Å². The first kappa shape index (κ1) is 9.73. The van der Waals surface area contributed by atoms with Gasteiger partial charge in [-0.25, -0.2) is 0 Å². The Labute approximate surface area is 94.7 Å². The molecule has 0 atom stereocenters. The topological polar surface area (TPSA) is 37.2 Å². The summed E-state index contributed by atoms with van der Waals surface area (Å²) in [6.45, 7) is 2.20. The van der Waals surface area contributed by atoms with Gasteiger partial charge in [-0.05, 0) is 50.2 Å². The maximum atomic E-state index is 9.43. The van der Waals surface area contributed by atoms with E-state index in [1.807, 2.05) is 12.1 Å². The third-order valence-corrected chi connectivity index (χ3v) is 3.41. The fraction of sp³-hybridized carbons (Fsp3) is 0.385. The Morgan fingerprint density at radius 3 is 2.81 bits per heavy atom. The van der Waals surface area contributed by atoms with Crippen LogP contribution in [0, 0.1) is 0 Å². The molecule has 16 heavy (non-hydrogen) atoms. The van der Waals surface area contributed by atoms with Crippen molar-refractivity contribution in [2.45, 2.75) is 18.9 Å².